The first-order chi connectivity index (χ1) is 12.4. The first-order valence-corrected chi connectivity index (χ1v) is 7.84. The van der Waals surface area contributed by atoms with Gasteiger partial charge in [-0.3, -0.25) is 25.0 Å². The molecule has 0 fully saturated rings. The molecular weight excluding hydrogens is 342 g/mol. The fourth-order valence-electron chi connectivity index (χ4n) is 2.93. The number of hydrogen-bond acceptors (Lipinski definition) is 6. The van der Waals surface area contributed by atoms with E-state index in [2.05, 4.69) is 5.32 Å². The summed E-state index contributed by atoms with van der Waals surface area (Å²) in [5.41, 5.74) is -0.345. The molecule has 1 N–H and O–H groups in total. The van der Waals surface area contributed by atoms with Gasteiger partial charge in [-0.2, -0.15) is 0 Å². The molecule has 9 nitrogen and oxygen atoms in total. The number of nitro benzene ring substituents is 2. The third kappa shape index (κ3) is 3.18. The molecule has 1 aliphatic heterocycles. The van der Waals surface area contributed by atoms with Crippen molar-refractivity contribution in [2.45, 2.75) is 19.4 Å². The van der Waals surface area contributed by atoms with E-state index in [1.807, 2.05) is 18.2 Å². The minimum absolute atomic E-state index is 0.0898. The van der Waals surface area contributed by atoms with E-state index in [1.54, 1.807) is 6.07 Å². The second kappa shape index (κ2) is 6.79. The molecule has 1 heterocycles. The topological polar surface area (TPSA) is 125 Å². The van der Waals surface area contributed by atoms with Crippen molar-refractivity contribution in [2.24, 2.45) is 0 Å². The Morgan fingerprint density at radius 1 is 1.15 bits per heavy atom. The molecule has 2 aromatic rings. The van der Waals surface area contributed by atoms with Gasteiger partial charge < -0.3 is 10.1 Å². The van der Waals surface area contributed by atoms with Gasteiger partial charge in [-0.25, -0.2) is 0 Å². The van der Waals surface area contributed by atoms with Gasteiger partial charge in [0.1, 0.15) is 11.3 Å². The lowest BCUT2D eigenvalue weighted by Crippen LogP contribution is -2.32. The minimum Gasteiger partial charge on any atom is -0.493 e. The lowest BCUT2D eigenvalue weighted by molar-refractivity contribution is -0.395. The molecule has 3 rings (SSSR count). The maximum atomic E-state index is 12.6. The van der Waals surface area contributed by atoms with Crippen LogP contribution in [0.3, 0.4) is 0 Å². The molecule has 0 aliphatic carbocycles. The number of ether oxygens (including phenoxy) is 1. The standard InChI is InChI=1S/C17H15N3O6/c1-10-14(19(22)23)8-11(9-15(10)20(24)25)17(21)18-13-6-7-26-16-5-3-2-4-12(13)16/h2-5,8-9,13H,6-7H2,1H3,(H,18,21). The Kier molecular flexibility index (Phi) is 4.53. The quantitative estimate of drug-likeness (QED) is 0.662. The maximum absolute atomic E-state index is 12.6. The van der Waals surface area contributed by atoms with Crippen LogP contribution in [0.15, 0.2) is 36.4 Å². The Bertz CT molecular complexity index is 876. The van der Waals surface area contributed by atoms with E-state index in [-0.39, 0.29) is 17.2 Å². The molecule has 0 saturated carbocycles. The SMILES string of the molecule is Cc1c([N+](=O)[O-])cc(C(=O)NC2CCOc3ccccc32)cc1[N+](=O)[O-]. The zero-order valence-electron chi connectivity index (χ0n) is 13.8. The minimum atomic E-state index is -0.733. The first-order valence-electron chi connectivity index (χ1n) is 7.84. The smallest absolute Gasteiger partial charge is 0.279 e. The molecule has 1 aliphatic rings. The summed E-state index contributed by atoms with van der Waals surface area (Å²) in [6, 6.07) is 9.01. The number of benzene rings is 2. The number of nitrogens with zero attached hydrogens (tertiary/aromatic N) is 2. The van der Waals surface area contributed by atoms with Crippen molar-refractivity contribution in [3.05, 3.63) is 73.3 Å². The predicted octanol–water partition coefficient (Wildman–Crippen LogP) is 3.07. The average molecular weight is 357 g/mol. The van der Waals surface area contributed by atoms with Crippen LogP contribution in [0.2, 0.25) is 0 Å². The van der Waals surface area contributed by atoms with Gasteiger partial charge in [-0.15, -0.1) is 0 Å². The monoisotopic (exact) mass is 357 g/mol. The highest BCUT2D eigenvalue weighted by Gasteiger charge is 2.28. The average Bonchev–Trinajstić information content (AvgIpc) is 2.61. The molecule has 0 saturated heterocycles. The summed E-state index contributed by atoms with van der Waals surface area (Å²) in [4.78, 5) is 33.4. The normalized spacial score (nSPS) is 15.5. The highest BCUT2D eigenvalue weighted by molar-refractivity contribution is 5.96. The number of carbonyl (C=O) groups excluding carboxylic acids is 1. The van der Waals surface area contributed by atoms with Crippen molar-refractivity contribution in [2.75, 3.05) is 6.61 Å². The molecule has 0 aromatic heterocycles. The zero-order chi connectivity index (χ0) is 18.8. The number of nitro groups is 2. The van der Waals surface area contributed by atoms with E-state index in [4.69, 9.17) is 4.74 Å². The number of hydrogen-bond donors (Lipinski definition) is 1. The third-order valence-corrected chi connectivity index (χ3v) is 4.27. The number of amides is 1. The highest BCUT2D eigenvalue weighted by Crippen LogP contribution is 2.33. The Morgan fingerprint density at radius 2 is 1.77 bits per heavy atom. The number of rotatable bonds is 4. The van der Waals surface area contributed by atoms with Crippen LogP contribution in [0.5, 0.6) is 5.75 Å². The predicted molar refractivity (Wildman–Crippen MR) is 91.2 cm³/mol. The van der Waals surface area contributed by atoms with Gasteiger partial charge >= 0.3 is 0 Å². The van der Waals surface area contributed by atoms with Gasteiger partial charge in [0.05, 0.1) is 28.1 Å². The molecule has 1 amide bonds. The van der Waals surface area contributed by atoms with Crippen LogP contribution in [0.4, 0.5) is 11.4 Å². The van der Waals surface area contributed by atoms with Gasteiger partial charge in [0, 0.05) is 24.1 Å². The Labute approximate surface area is 147 Å². The van der Waals surface area contributed by atoms with Crippen molar-refractivity contribution in [1.82, 2.24) is 5.32 Å². The second-order valence-corrected chi connectivity index (χ2v) is 5.85. The second-order valence-electron chi connectivity index (χ2n) is 5.85. The van der Waals surface area contributed by atoms with Crippen LogP contribution < -0.4 is 10.1 Å². The summed E-state index contributed by atoms with van der Waals surface area (Å²) >= 11 is 0. The van der Waals surface area contributed by atoms with E-state index in [0.29, 0.717) is 18.8 Å². The van der Waals surface area contributed by atoms with Crippen molar-refractivity contribution in [3.8, 4) is 5.75 Å². The summed E-state index contributed by atoms with van der Waals surface area (Å²) in [5.74, 6) is 0.0443. The molecule has 1 unspecified atom stereocenters. The fourth-order valence-corrected chi connectivity index (χ4v) is 2.93. The Hall–Kier alpha value is -3.49. The maximum Gasteiger partial charge on any atom is 0.279 e. The number of carbonyl (C=O) groups is 1. The largest absolute Gasteiger partial charge is 0.493 e. The molecule has 134 valence electrons. The molecule has 1 atom stereocenters. The molecule has 0 bridgehead atoms. The summed E-state index contributed by atoms with van der Waals surface area (Å²) in [6.45, 7) is 1.70. The first kappa shape index (κ1) is 17.3. The highest BCUT2D eigenvalue weighted by atomic mass is 16.6. The van der Waals surface area contributed by atoms with Crippen molar-refractivity contribution in [1.29, 1.82) is 0 Å². The Balaban J connectivity index is 1.94. The number of fused-ring (bicyclic) bond motifs is 1. The van der Waals surface area contributed by atoms with Gasteiger partial charge in [-0.05, 0) is 13.0 Å². The van der Waals surface area contributed by atoms with Crippen LogP contribution in [-0.2, 0) is 0 Å². The molecule has 9 heteroatoms. The fraction of sp³-hybridized carbons (Fsp3) is 0.235. The van der Waals surface area contributed by atoms with Crippen LogP contribution in [-0.4, -0.2) is 22.4 Å². The molecule has 0 radical (unpaired) electrons. The van der Waals surface area contributed by atoms with Crippen LogP contribution in [0.1, 0.15) is 33.9 Å². The van der Waals surface area contributed by atoms with Gasteiger partial charge in [-0.1, -0.05) is 18.2 Å². The van der Waals surface area contributed by atoms with Crippen molar-refractivity contribution >= 4 is 17.3 Å². The molecule has 26 heavy (non-hydrogen) atoms. The molecule has 2 aromatic carbocycles. The molecular formula is C17H15N3O6. The van der Waals surface area contributed by atoms with E-state index in [0.717, 1.165) is 17.7 Å². The van der Waals surface area contributed by atoms with E-state index in [9.17, 15) is 25.0 Å². The summed E-state index contributed by atoms with van der Waals surface area (Å²) < 4.78 is 5.53. The van der Waals surface area contributed by atoms with E-state index in [1.165, 1.54) is 6.92 Å². The third-order valence-electron chi connectivity index (χ3n) is 4.27. The van der Waals surface area contributed by atoms with Gasteiger partial charge in [0.2, 0.25) is 0 Å². The summed E-state index contributed by atoms with van der Waals surface area (Å²) in [5, 5.41) is 25.1. The van der Waals surface area contributed by atoms with Crippen molar-refractivity contribution in [3.63, 3.8) is 0 Å². The van der Waals surface area contributed by atoms with Gasteiger partial charge in [0.25, 0.3) is 17.3 Å². The number of nitrogens with one attached hydrogen (secondary N) is 1. The van der Waals surface area contributed by atoms with Gasteiger partial charge in [0.15, 0.2) is 0 Å². The van der Waals surface area contributed by atoms with Crippen LogP contribution >= 0.6 is 0 Å². The zero-order valence-corrected chi connectivity index (χ0v) is 13.8. The number of para-hydroxylation sites is 1. The summed E-state index contributed by atoms with van der Waals surface area (Å²) in [7, 11) is 0. The van der Waals surface area contributed by atoms with Crippen LogP contribution in [0, 0.1) is 27.2 Å². The van der Waals surface area contributed by atoms with E-state index >= 15 is 0 Å². The summed E-state index contributed by atoms with van der Waals surface area (Å²) in [6.07, 6.45) is 0.527. The Morgan fingerprint density at radius 3 is 2.38 bits per heavy atom. The van der Waals surface area contributed by atoms with E-state index < -0.39 is 27.1 Å². The van der Waals surface area contributed by atoms with Crippen molar-refractivity contribution < 1.29 is 19.4 Å². The molecule has 0 spiro atoms. The lowest BCUT2D eigenvalue weighted by atomic mass is 9.99. The van der Waals surface area contributed by atoms with Crippen LogP contribution in [0.25, 0.3) is 0 Å². The lowest BCUT2D eigenvalue weighted by Gasteiger charge is -2.26.